The van der Waals surface area contributed by atoms with Gasteiger partial charge in [-0.05, 0) is 48.5 Å². The van der Waals surface area contributed by atoms with E-state index in [1.165, 1.54) is 0 Å². The van der Waals surface area contributed by atoms with Crippen molar-refractivity contribution < 1.29 is 4.39 Å². The van der Waals surface area contributed by atoms with Gasteiger partial charge in [-0.1, -0.05) is 63.2 Å². The second-order valence-corrected chi connectivity index (χ2v) is 7.10. The summed E-state index contributed by atoms with van der Waals surface area (Å²) in [7, 11) is 0. The number of nitrogens with zero attached hydrogens (tertiary/aromatic N) is 2. The monoisotopic (exact) mass is 352 g/mol. The zero-order chi connectivity index (χ0) is 19.0. The van der Waals surface area contributed by atoms with E-state index in [1.807, 2.05) is 56.3 Å². The summed E-state index contributed by atoms with van der Waals surface area (Å²) >= 11 is 0. The van der Waals surface area contributed by atoms with Crippen LogP contribution in [0.15, 0.2) is 48.5 Å². The molecule has 0 N–H and O–H groups in total. The second kappa shape index (κ2) is 9.50. The van der Waals surface area contributed by atoms with Crippen molar-refractivity contribution in [2.45, 2.75) is 46.6 Å². The van der Waals surface area contributed by atoms with Crippen LogP contribution in [-0.2, 0) is 6.54 Å². The Morgan fingerprint density at radius 2 is 1.73 bits per heavy atom. The predicted octanol–water partition coefficient (Wildman–Crippen LogP) is 6.03. The van der Waals surface area contributed by atoms with Crippen LogP contribution in [0.2, 0.25) is 0 Å². The molecule has 1 aliphatic rings. The Morgan fingerprint density at radius 1 is 1.08 bits per heavy atom. The van der Waals surface area contributed by atoms with Gasteiger partial charge in [0.15, 0.2) is 0 Å². The molecule has 138 valence electrons. The summed E-state index contributed by atoms with van der Waals surface area (Å²) in [6, 6.07) is 17.5. The zero-order valence-corrected chi connectivity index (χ0v) is 16.1. The zero-order valence-electron chi connectivity index (χ0n) is 16.1. The van der Waals surface area contributed by atoms with Crippen LogP contribution in [0, 0.1) is 22.6 Å². The van der Waals surface area contributed by atoms with Crippen molar-refractivity contribution in [2.24, 2.45) is 5.41 Å². The van der Waals surface area contributed by atoms with E-state index in [9.17, 15) is 4.39 Å². The Kier molecular flexibility index (Phi) is 7.36. The number of hydrogen-bond acceptors (Lipinski definition) is 2. The van der Waals surface area contributed by atoms with Crippen molar-refractivity contribution in [1.29, 1.82) is 5.26 Å². The Balaban J connectivity index is 0.00000117. The molecule has 0 spiro atoms. The minimum Gasteiger partial charge on any atom is -0.299 e. The van der Waals surface area contributed by atoms with E-state index in [0.29, 0.717) is 12.0 Å². The molecule has 2 aromatic rings. The Bertz CT molecular complexity index is 726. The maximum Gasteiger partial charge on any atom is 0.131 e. The van der Waals surface area contributed by atoms with E-state index < -0.39 is 0 Å². The highest BCUT2D eigenvalue weighted by Gasteiger charge is 2.29. The summed E-state index contributed by atoms with van der Waals surface area (Å²) in [5.74, 6) is -0.162. The Morgan fingerprint density at radius 3 is 2.31 bits per heavy atom. The minimum absolute atomic E-state index is 0.146. The highest BCUT2D eigenvalue weighted by molar-refractivity contribution is 5.64. The van der Waals surface area contributed by atoms with Gasteiger partial charge in [0.1, 0.15) is 5.82 Å². The number of piperidine rings is 1. The van der Waals surface area contributed by atoms with Crippen molar-refractivity contribution in [2.75, 3.05) is 13.1 Å². The molecule has 3 rings (SSSR count). The molecule has 0 aliphatic carbocycles. The molecular formula is C23H29FN2. The fourth-order valence-corrected chi connectivity index (χ4v) is 3.39. The van der Waals surface area contributed by atoms with E-state index in [-0.39, 0.29) is 11.2 Å². The maximum atomic E-state index is 14.5. The lowest BCUT2D eigenvalue weighted by Gasteiger charge is -2.38. The summed E-state index contributed by atoms with van der Waals surface area (Å²) in [6.45, 7) is 8.91. The average molecular weight is 352 g/mol. The topological polar surface area (TPSA) is 27.0 Å². The SMILES string of the molecule is CC.CC1(CC#N)CCN(Cc2ccc(-c3ccccc3)c(F)c2)CC1. The molecule has 26 heavy (non-hydrogen) atoms. The third-order valence-corrected chi connectivity index (χ3v) is 5.09. The molecule has 2 nitrogen and oxygen atoms in total. The van der Waals surface area contributed by atoms with E-state index in [0.717, 1.165) is 43.6 Å². The normalized spacial score (nSPS) is 16.3. The van der Waals surface area contributed by atoms with Crippen LogP contribution in [-0.4, -0.2) is 18.0 Å². The lowest BCUT2D eigenvalue weighted by molar-refractivity contribution is 0.116. The largest absolute Gasteiger partial charge is 0.299 e. The number of halogens is 1. The lowest BCUT2D eigenvalue weighted by Crippen LogP contribution is -2.38. The van der Waals surface area contributed by atoms with Crippen molar-refractivity contribution in [3.05, 3.63) is 59.9 Å². The number of hydrogen-bond donors (Lipinski definition) is 0. The third-order valence-electron chi connectivity index (χ3n) is 5.09. The van der Waals surface area contributed by atoms with Gasteiger partial charge >= 0.3 is 0 Å². The lowest BCUT2D eigenvalue weighted by atomic mass is 9.78. The van der Waals surface area contributed by atoms with Crippen LogP contribution in [0.5, 0.6) is 0 Å². The van der Waals surface area contributed by atoms with Gasteiger partial charge in [-0.3, -0.25) is 4.90 Å². The van der Waals surface area contributed by atoms with Crippen LogP contribution in [0.1, 0.15) is 45.6 Å². The molecule has 0 radical (unpaired) electrons. The first-order chi connectivity index (χ1) is 12.6. The quantitative estimate of drug-likeness (QED) is 0.671. The summed E-state index contributed by atoms with van der Waals surface area (Å²) < 4.78 is 14.5. The van der Waals surface area contributed by atoms with Gasteiger partial charge in [0, 0.05) is 18.5 Å². The van der Waals surface area contributed by atoms with Gasteiger partial charge in [0.25, 0.3) is 0 Å². The standard InChI is InChI=1S/C21H23FN2.C2H6/c1-21(9-12-23)10-13-24(14-11-21)16-17-7-8-19(20(22)15-17)18-5-3-2-4-6-18;1-2/h2-8,15H,9-11,13-14,16H2,1H3;1-2H3. The molecular weight excluding hydrogens is 323 g/mol. The van der Waals surface area contributed by atoms with E-state index >= 15 is 0 Å². The Hall–Kier alpha value is -2.18. The number of rotatable bonds is 4. The maximum absolute atomic E-state index is 14.5. The smallest absolute Gasteiger partial charge is 0.131 e. The van der Waals surface area contributed by atoms with Gasteiger partial charge in [0.05, 0.1) is 6.07 Å². The van der Waals surface area contributed by atoms with Crippen LogP contribution in [0.3, 0.4) is 0 Å². The van der Waals surface area contributed by atoms with Crippen LogP contribution in [0.4, 0.5) is 4.39 Å². The van der Waals surface area contributed by atoms with Gasteiger partial charge in [-0.25, -0.2) is 4.39 Å². The molecule has 0 amide bonds. The fraction of sp³-hybridized carbons (Fsp3) is 0.435. The summed E-state index contributed by atoms with van der Waals surface area (Å²) in [4.78, 5) is 2.36. The van der Waals surface area contributed by atoms with E-state index in [4.69, 9.17) is 5.26 Å². The van der Waals surface area contributed by atoms with Gasteiger partial charge < -0.3 is 0 Å². The molecule has 0 saturated carbocycles. The van der Waals surface area contributed by atoms with E-state index in [1.54, 1.807) is 6.07 Å². The summed E-state index contributed by atoms with van der Waals surface area (Å²) in [5, 5.41) is 8.93. The third kappa shape index (κ3) is 5.16. The van der Waals surface area contributed by atoms with Crippen molar-refractivity contribution >= 4 is 0 Å². The van der Waals surface area contributed by atoms with Gasteiger partial charge in [-0.2, -0.15) is 5.26 Å². The number of likely N-dealkylation sites (tertiary alicyclic amines) is 1. The summed E-state index contributed by atoms with van der Waals surface area (Å²) in [5.41, 5.74) is 2.72. The van der Waals surface area contributed by atoms with Crippen LogP contribution < -0.4 is 0 Å². The molecule has 0 aromatic heterocycles. The minimum atomic E-state index is -0.162. The van der Waals surface area contributed by atoms with Crippen LogP contribution in [0.25, 0.3) is 11.1 Å². The average Bonchev–Trinajstić information content (AvgIpc) is 2.66. The first-order valence-electron chi connectivity index (χ1n) is 9.53. The Labute approximate surface area is 157 Å². The predicted molar refractivity (Wildman–Crippen MR) is 106 cm³/mol. The first kappa shape index (κ1) is 20.1. The highest BCUT2D eigenvalue weighted by Crippen LogP contribution is 2.34. The molecule has 1 saturated heterocycles. The molecule has 1 heterocycles. The molecule has 0 atom stereocenters. The van der Waals surface area contributed by atoms with E-state index in [2.05, 4.69) is 17.9 Å². The van der Waals surface area contributed by atoms with Crippen molar-refractivity contribution in [3.8, 4) is 17.2 Å². The molecule has 0 unspecified atom stereocenters. The molecule has 1 fully saturated rings. The van der Waals surface area contributed by atoms with Crippen molar-refractivity contribution in [3.63, 3.8) is 0 Å². The molecule has 3 heteroatoms. The van der Waals surface area contributed by atoms with Gasteiger partial charge in [-0.15, -0.1) is 0 Å². The van der Waals surface area contributed by atoms with Crippen molar-refractivity contribution in [1.82, 2.24) is 4.90 Å². The molecule has 0 bridgehead atoms. The number of benzene rings is 2. The second-order valence-electron chi connectivity index (χ2n) is 7.10. The van der Waals surface area contributed by atoms with Crippen LogP contribution >= 0.6 is 0 Å². The summed E-state index contributed by atoms with van der Waals surface area (Å²) in [6.07, 6.45) is 2.69. The molecule has 2 aromatic carbocycles. The van der Waals surface area contributed by atoms with Gasteiger partial charge in [0.2, 0.25) is 0 Å². The fourth-order valence-electron chi connectivity index (χ4n) is 3.39. The number of nitriles is 1. The molecule has 1 aliphatic heterocycles. The highest BCUT2D eigenvalue weighted by atomic mass is 19.1. The first-order valence-corrected chi connectivity index (χ1v) is 9.53.